The van der Waals surface area contributed by atoms with E-state index in [9.17, 15) is 15.0 Å². The minimum Gasteiger partial charge on any atom is -0.504 e. The number of hydrogen-bond acceptors (Lipinski definition) is 7. The molecule has 2 aromatic carbocycles. The van der Waals surface area contributed by atoms with Gasteiger partial charge in [-0.05, 0) is 24.3 Å². The number of benzene rings is 2. The van der Waals surface area contributed by atoms with E-state index in [-0.39, 0.29) is 18.0 Å². The minimum atomic E-state index is -0.797. The van der Waals surface area contributed by atoms with Crippen LogP contribution in [-0.4, -0.2) is 26.2 Å². The van der Waals surface area contributed by atoms with Crippen LogP contribution in [0.1, 0.15) is 16.2 Å². The molecule has 0 bridgehead atoms. The van der Waals surface area contributed by atoms with Crippen LogP contribution >= 0.6 is 0 Å². The van der Waals surface area contributed by atoms with Crippen molar-refractivity contribution in [2.45, 2.75) is 6.61 Å². The van der Waals surface area contributed by atoms with Crippen LogP contribution in [0.5, 0.6) is 11.5 Å². The predicted molar refractivity (Wildman–Crippen MR) is 82.8 cm³/mol. The number of rotatable bonds is 3. The Hall–Kier alpha value is -3.35. The van der Waals surface area contributed by atoms with Crippen LogP contribution < -0.4 is 5.73 Å². The Morgan fingerprint density at radius 3 is 2.70 bits per heavy atom. The fraction of sp³-hybridized carbons (Fsp3) is 0.0625. The maximum atomic E-state index is 12.0. The molecule has 116 valence electrons. The number of carbonyl (C=O) groups is 1. The highest BCUT2D eigenvalue weighted by Crippen LogP contribution is 2.28. The smallest absolute Gasteiger partial charge is 0.342 e. The molecule has 0 aliphatic heterocycles. The highest BCUT2D eigenvalue weighted by Gasteiger charge is 2.16. The van der Waals surface area contributed by atoms with E-state index in [0.717, 1.165) is 0 Å². The fourth-order valence-corrected chi connectivity index (χ4v) is 2.12. The van der Waals surface area contributed by atoms with Crippen LogP contribution in [0, 0.1) is 0 Å². The number of nitrogens with two attached hydrogens (primary N) is 1. The number of aromatic hydroxyl groups is 2. The molecule has 0 aliphatic carbocycles. The highest BCUT2D eigenvalue weighted by atomic mass is 16.5. The van der Waals surface area contributed by atoms with E-state index in [1.54, 1.807) is 12.1 Å². The summed E-state index contributed by atoms with van der Waals surface area (Å²) in [5, 5.41) is 19.8. The molecule has 0 radical (unpaired) electrons. The lowest BCUT2D eigenvalue weighted by Crippen LogP contribution is -2.09. The molecule has 0 saturated carbocycles. The summed E-state index contributed by atoms with van der Waals surface area (Å²) in [4.78, 5) is 20.3. The predicted octanol–water partition coefficient (Wildman–Crippen LogP) is 1.98. The quantitative estimate of drug-likeness (QED) is 0.500. The number of fused-ring (bicyclic) bond motifs is 1. The largest absolute Gasteiger partial charge is 0.504 e. The monoisotopic (exact) mass is 311 g/mol. The summed E-state index contributed by atoms with van der Waals surface area (Å²) in [7, 11) is 0. The van der Waals surface area contributed by atoms with E-state index in [1.807, 2.05) is 12.1 Å². The molecule has 3 aromatic rings. The lowest BCUT2D eigenvalue weighted by Gasteiger charge is -2.08. The van der Waals surface area contributed by atoms with Crippen molar-refractivity contribution in [1.29, 1.82) is 0 Å². The van der Waals surface area contributed by atoms with Crippen LogP contribution in [0.4, 0.5) is 5.82 Å². The second kappa shape index (κ2) is 5.80. The molecule has 3 rings (SSSR count). The fourth-order valence-electron chi connectivity index (χ4n) is 2.12. The summed E-state index contributed by atoms with van der Waals surface area (Å²) < 4.78 is 5.06. The van der Waals surface area contributed by atoms with Crippen LogP contribution in [-0.2, 0) is 11.3 Å². The maximum absolute atomic E-state index is 12.0. The Labute approximate surface area is 131 Å². The topological polar surface area (TPSA) is 119 Å². The molecule has 1 heterocycles. The Kier molecular flexibility index (Phi) is 3.68. The molecule has 23 heavy (non-hydrogen) atoms. The van der Waals surface area contributed by atoms with E-state index in [1.165, 1.54) is 18.2 Å². The lowest BCUT2D eigenvalue weighted by molar-refractivity contribution is 0.0458. The van der Waals surface area contributed by atoms with Crippen molar-refractivity contribution in [3.05, 3.63) is 53.9 Å². The summed E-state index contributed by atoms with van der Waals surface area (Å²) >= 11 is 0. The van der Waals surface area contributed by atoms with Crippen molar-refractivity contribution in [3.63, 3.8) is 0 Å². The number of hydrogen-bond donors (Lipinski definition) is 3. The van der Waals surface area contributed by atoms with Gasteiger partial charge >= 0.3 is 5.97 Å². The number of nitrogens with zero attached hydrogens (tertiary/aromatic N) is 2. The number of phenols is 2. The van der Waals surface area contributed by atoms with Gasteiger partial charge in [-0.2, -0.15) is 0 Å². The first-order valence-corrected chi connectivity index (χ1v) is 6.75. The zero-order valence-corrected chi connectivity index (χ0v) is 11.9. The van der Waals surface area contributed by atoms with E-state index in [4.69, 9.17) is 10.5 Å². The first-order chi connectivity index (χ1) is 11.1. The molecule has 1 aromatic heterocycles. The number of aromatic nitrogens is 2. The van der Waals surface area contributed by atoms with E-state index >= 15 is 0 Å². The molecule has 0 unspecified atom stereocenters. The SMILES string of the molecule is Nc1nc(COC(=O)c2cccc(O)c2O)nc2ccccc12. The lowest BCUT2D eigenvalue weighted by atomic mass is 10.2. The van der Waals surface area contributed by atoms with E-state index < -0.39 is 17.5 Å². The third-order valence-electron chi connectivity index (χ3n) is 3.25. The molecule has 7 heteroatoms. The summed E-state index contributed by atoms with van der Waals surface area (Å²) in [5.74, 6) is -1.19. The average molecular weight is 311 g/mol. The number of phenolic OH excluding ortho intramolecular Hbond substituents is 2. The minimum absolute atomic E-state index is 0.140. The van der Waals surface area contributed by atoms with Crippen molar-refractivity contribution < 1.29 is 19.7 Å². The van der Waals surface area contributed by atoms with Crippen molar-refractivity contribution in [3.8, 4) is 11.5 Å². The van der Waals surface area contributed by atoms with Gasteiger partial charge in [0, 0.05) is 5.39 Å². The number of nitrogen functional groups attached to an aromatic ring is 1. The second-order valence-corrected chi connectivity index (χ2v) is 4.79. The normalized spacial score (nSPS) is 10.6. The van der Waals surface area contributed by atoms with Gasteiger partial charge in [-0.3, -0.25) is 0 Å². The molecule has 7 nitrogen and oxygen atoms in total. The number of para-hydroxylation sites is 2. The van der Waals surface area contributed by atoms with Crippen LogP contribution in [0.2, 0.25) is 0 Å². The molecule has 0 aliphatic rings. The summed E-state index contributed by atoms with van der Waals surface area (Å²) in [6, 6.07) is 11.2. The van der Waals surface area contributed by atoms with Crippen molar-refractivity contribution in [1.82, 2.24) is 9.97 Å². The Morgan fingerprint density at radius 1 is 1.09 bits per heavy atom. The van der Waals surface area contributed by atoms with Gasteiger partial charge in [0.2, 0.25) is 0 Å². The van der Waals surface area contributed by atoms with Crippen molar-refractivity contribution >= 4 is 22.7 Å². The Morgan fingerprint density at radius 2 is 1.87 bits per heavy atom. The first kappa shape index (κ1) is 14.6. The van der Waals surface area contributed by atoms with Gasteiger partial charge in [0.1, 0.15) is 11.4 Å². The van der Waals surface area contributed by atoms with Gasteiger partial charge in [0.05, 0.1) is 5.52 Å². The zero-order valence-electron chi connectivity index (χ0n) is 11.9. The average Bonchev–Trinajstić information content (AvgIpc) is 2.55. The van der Waals surface area contributed by atoms with Crippen LogP contribution in [0.15, 0.2) is 42.5 Å². The van der Waals surface area contributed by atoms with Crippen molar-refractivity contribution in [2.24, 2.45) is 0 Å². The number of carbonyl (C=O) groups excluding carboxylic acids is 1. The molecule has 0 fully saturated rings. The summed E-state index contributed by atoms with van der Waals surface area (Å²) in [6.45, 7) is -0.205. The van der Waals surface area contributed by atoms with E-state index in [2.05, 4.69) is 9.97 Å². The Balaban J connectivity index is 1.80. The molecule has 0 amide bonds. The highest BCUT2D eigenvalue weighted by molar-refractivity contribution is 5.93. The number of esters is 1. The standard InChI is InChI=1S/C16H13N3O4/c17-15-9-4-1-2-6-11(9)18-13(19-15)8-23-16(22)10-5-3-7-12(20)14(10)21/h1-7,20-21H,8H2,(H2,17,18,19). The first-order valence-electron chi connectivity index (χ1n) is 6.75. The zero-order chi connectivity index (χ0) is 16.4. The van der Waals surface area contributed by atoms with E-state index in [0.29, 0.717) is 16.7 Å². The number of ether oxygens (including phenoxy) is 1. The third-order valence-corrected chi connectivity index (χ3v) is 3.25. The molecule has 4 N–H and O–H groups in total. The molecule has 0 saturated heterocycles. The van der Waals surface area contributed by atoms with Gasteiger partial charge in [-0.15, -0.1) is 0 Å². The second-order valence-electron chi connectivity index (χ2n) is 4.79. The Bertz CT molecular complexity index is 896. The van der Waals surface area contributed by atoms with Crippen LogP contribution in [0.25, 0.3) is 10.9 Å². The third kappa shape index (κ3) is 2.84. The van der Waals surface area contributed by atoms with Gasteiger partial charge in [0.15, 0.2) is 23.9 Å². The molecular weight excluding hydrogens is 298 g/mol. The summed E-state index contributed by atoms with van der Waals surface area (Å²) in [5.41, 5.74) is 6.36. The van der Waals surface area contributed by atoms with Gasteiger partial charge in [-0.1, -0.05) is 18.2 Å². The summed E-state index contributed by atoms with van der Waals surface area (Å²) in [6.07, 6.45) is 0. The molecular formula is C16H13N3O4. The van der Waals surface area contributed by atoms with Crippen LogP contribution in [0.3, 0.4) is 0 Å². The molecule has 0 atom stereocenters. The van der Waals surface area contributed by atoms with Gasteiger partial charge < -0.3 is 20.7 Å². The maximum Gasteiger partial charge on any atom is 0.342 e. The van der Waals surface area contributed by atoms with Gasteiger partial charge in [-0.25, -0.2) is 14.8 Å². The van der Waals surface area contributed by atoms with Crippen molar-refractivity contribution in [2.75, 3.05) is 5.73 Å². The molecule has 0 spiro atoms. The number of anilines is 1. The van der Waals surface area contributed by atoms with Gasteiger partial charge in [0.25, 0.3) is 0 Å².